The topological polar surface area (TPSA) is 106 Å². The number of nitrogens with zero attached hydrogens (tertiary/aromatic N) is 3. The van der Waals surface area contributed by atoms with Crippen molar-refractivity contribution < 1.29 is 14.3 Å². The normalized spacial score (nSPS) is 21.0. The quantitative estimate of drug-likeness (QED) is 0.448. The van der Waals surface area contributed by atoms with Gasteiger partial charge in [-0.05, 0) is 47.9 Å². The second-order valence-corrected chi connectivity index (χ2v) is 8.32. The number of fused-ring (bicyclic) bond motifs is 3. The number of benzene rings is 2. The Kier molecular flexibility index (Phi) is 3.80. The summed E-state index contributed by atoms with van der Waals surface area (Å²) in [5, 5.41) is 19.1. The Bertz CT molecular complexity index is 1390. The standard InChI is InChI=1S/C23H22N6O3/c1-29-11-19(32-3)21(28-29)25-20-14-6-4-12(8-18(14)26-27-20)16-10-23(16)15-9-13(31-2)5-7-17(15)24-22(23)30/h4-9,11,16H,10H2,1-3H3,(H,24,30)(H2,25,26,27,28)/t16?,23-/m0/s1. The molecule has 9 nitrogen and oxygen atoms in total. The maximum absolute atomic E-state index is 12.9. The molecule has 4 aromatic rings. The minimum Gasteiger partial charge on any atom is -0.497 e. The van der Waals surface area contributed by atoms with Crippen molar-refractivity contribution in [3.8, 4) is 11.5 Å². The molecule has 3 heterocycles. The van der Waals surface area contributed by atoms with Crippen LogP contribution in [0.15, 0.2) is 42.6 Å². The number of aromatic nitrogens is 4. The third kappa shape index (κ3) is 2.54. The zero-order valence-electron chi connectivity index (χ0n) is 17.9. The highest BCUT2D eigenvalue weighted by Crippen LogP contribution is 2.65. The third-order valence-electron chi connectivity index (χ3n) is 6.56. The average molecular weight is 430 g/mol. The fourth-order valence-corrected chi connectivity index (χ4v) is 4.86. The molecule has 2 aromatic carbocycles. The van der Waals surface area contributed by atoms with Gasteiger partial charge in [0, 0.05) is 24.0 Å². The van der Waals surface area contributed by atoms with Crippen LogP contribution in [0.4, 0.5) is 17.3 Å². The highest BCUT2D eigenvalue weighted by atomic mass is 16.5. The maximum atomic E-state index is 12.9. The molecule has 1 amide bonds. The summed E-state index contributed by atoms with van der Waals surface area (Å²) in [5.41, 5.74) is 3.36. The van der Waals surface area contributed by atoms with Crippen LogP contribution in [0.5, 0.6) is 11.5 Å². The second-order valence-electron chi connectivity index (χ2n) is 8.32. The van der Waals surface area contributed by atoms with Gasteiger partial charge in [0.2, 0.25) is 5.91 Å². The summed E-state index contributed by atoms with van der Waals surface area (Å²) < 4.78 is 12.4. The van der Waals surface area contributed by atoms with Gasteiger partial charge in [0.15, 0.2) is 17.4 Å². The monoisotopic (exact) mass is 430 g/mol. The number of ether oxygens (including phenoxy) is 2. The van der Waals surface area contributed by atoms with Crippen molar-refractivity contribution >= 4 is 34.1 Å². The molecule has 1 saturated carbocycles. The molecule has 0 radical (unpaired) electrons. The second kappa shape index (κ2) is 6.49. The van der Waals surface area contributed by atoms with Gasteiger partial charge in [-0.3, -0.25) is 14.6 Å². The molecule has 32 heavy (non-hydrogen) atoms. The Labute approximate surface area is 183 Å². The molecule has 2 atom stereocenters. The van der Waals surface area contributed by atoms with E-state index >= 15 is 0 Å². The molecule has 3 N–H and O–H groups in total. The summed E-state index contributed by atoms with van der Waals surface area (Å²) in [6.07, 6.45) is 2.57. The summed E-state index contributed by atoms with van der Waals surface area (Å²) in [6.45, 7) is 0. The lowest BCUT2D eigenvalue weighted by molar-refractivity contribution is -0.118. The van der Waals surface area contributed by atoms with E-state index in [1.54, 1.807) is 25.1 Å². The fourth-order valence-electron chi connectivity index (χ4n) is 4.86. The van der Waals surface area contributed by atoms with Crippen molar-refractivity contribution in [2.45, 2.75) is 17.8 Å². The lowest BCUT2D eigenvalue weighted by Gasteiger charge is -2.10. The summed E-state index contributed by atoms with van der Waals surface area (Å²) in [5.74, 6) is 2.83. The van der Waals surface area contributed by atoms with Crippen LogP contribution in [0.25, 0.3) is 10.9 Å². The summed E-state index contributed by atoms with van der Waals surface area (Å²) in [7, 11) is 5.08. The van der Waals surface area contributed by atoms with Crippen LogP contribution in [0, 0.1) is 0 Å². The lowest BCUT2D eigenvalue weighted by atomic mass is 9.91. The third-order valence-corrected chi connectivity index (χ3v) is 6.56. The predicted octanol–water partition coefficient (Wildman–Crippen LogP) is 3.43. The van der Waals surface area contributed by atoms with E-state index in [0.29, 0.717) is 17.4 Å². The number of aromatic amines is 1. The van der Waals surface area contributed by atoms with Crippen molar-refractivity contribution in [2.24, 2.45) is 7.05 Å². The Morgan fingerprint density at radius 2 is 2.03 bits per heavy atom. The van der Waals surface area contributed by atoms with E-state index in [1.807, 2.05) is 31.3 Å². The first-order valence-electron chi connectivity index (χ1n) is 10.4. The summed E-state index contributed by atoms with van der Waals surface area (Å²) in [6, 6.07) is 11.9. The number of amides is 1. The van der Waals surface area contributed by atoms with Gasteiger partial charge in [0.05, 0.1) is 31.3 Å². The largest absolute Gasteiger partial charge is 0.497 e. The van der Waals surface area contributed by atoms with Crippen LogP contribution in [-0.4, -0.2) is 40.1 Å². The van der Waals surface area contributed by atoms with E-state index in [9.17, 15) is 4.79 Å². The number of carbonyl (C=O) groups excluding carboxylic acids is 1. The molecule has 2 aliphatic rings. The number of hydrogen-bond donors (Lipinski definition) is 3. The van der Waals surface area contributed by atoms with Crippen LogP contribution in [0.3, 0.4) is 0 Å². The van der Waals surface area contributed by atoms with Crippen molar-refractivity contribution in [1.82, 2.24) is 20.0 Å². The molecule has 1 unspecified atom stereocenters. The van der Waals surface area contributed by atoms with Gasteiger partial charge in [-0.1, -0.05) is 6.07 Å². The smallest absolute Gasteiger partial charge is 0.235 e. The van der Waals surface area contributed by atoms with Crippen molar-refractivity contribution in [1.29, 1.82) is 0 Å². The van der Waals surface area contributed by atoms with Gasteiger partial charge in [0.25, 0.3) is 0 Å². The fraction of sp³-hybridized carbons (Fsp3) is 0.261. The molecule has 1 aliphatic heterocycles. The van der Waals surface area contributed by atoms with Crippen molar-refractivity contribution in [3.05, 3.63) is 53.7 Å². The predicted molar refractivity (Wildman–Crippen MR) is 120 cm³/mol. The van der Waals surface area contributed by atoms with Crippen molar-refractivity contribution in [3.63, 3.8) is 0 Å². The lowest BCUT2D eigenvalue weighted by Crippen LogP contribution is -2.21. The van der Waals surface area contributed by atoms with E-state index in [2.05, 4.69) is 38.1 Å². The molecular weight excluding hydrogens is 408 g/mol. The SMILES string of the molecule is COc1ccc2c(c1)[C@]1(CC1c1ccc3c(Nc4nn(C)cc4OC)n[nH]c3c1)C(=O)N2. The number of anilines is 3. The van der Waals surface area contributed by atoms with Crippen LogP contribution >= 0.6 is 0 Å². The van der Waals surface area contributed by atoms with Crippen molar-refractivity contribution in [2.75, 3.05) is 24.9 Å². The molecule has 162 valence electrons. The summed E-state index contributed by atoms with van der Waals surface area (Å²) in [4.78, 5) is 12.9. The van der Waals surface area contributed by atoms with Gasteiger partial charge in [-0.2, -0.15) is 10.2 Å². The molecule has 1 fully saturated rings. The number of methoxy groups -OCH3 is 2. The minimum absolute atomic E-state index is 0.0556. The molecular formula is C23H22N6O3. The number of carbonyl (C=O) groups is 1. The van der Waals surface area contributed by atoms with E-state index in [4.69, 9.17) is 9.47 Å². The first-order chi connectivity index (χ1) is 15.5. The van der Waals surface area contributed by atoms with Gasteiger partial charge in [-0.25, -0.2) is 0 Å². The molecule has 2 aromatic heterocycles. The molecule has 0 saturated heterocycles. The van der Waals surface area contributed by atoms with Gasteiger partial charge in [-0.15, -0.1) is 0 Å². The van der Waals surface area contributed by atoms with Crippen LogP contribution in [0.2, 0.25) is 0 Å². The minimum atomic E-state index is -0.528. The Hall–Kier alpha value is -4.01. The van der Waals surface area contributed by atoms with Crippen LogP contribution < -0.4 is 20.1 Å². The Balaban J connectivity index is 1.33. The van der Waals surface area contributed by atoms with E-state index in [0.717, 1.165) is 39.9 Å². The van der Waals surface area contributed by atoms with E-state index < -0.39 is 5.41 Å². The molecule has 1 spiro atoms. The highest BCUT2D eigenvalue weighted by Gasteiger charge is 2.65. The van der Waals surface area contributed by atoms with Gasteiger partial charge < -0.3 is 20.1 Å². The van der Waals surface area contributed by atoms with Gasteiger partial charge >= 0.3 is 0 Å². The summed E-state index contributed by atoms with van der Waals surface area (Å²) >= 11 is 0. The number of aryl methyl sites for hydroxylation is 1. The molecule has 6 rings (SSSR count). The number of hydrogen-bond acceptors (Lipinski definition) is 6. The highest BCUT2D eigenvalue weighted by molar-refractivity contribution is 6.10. The van der Waals surface area contributed by atoms with E-state index in [-0.39, 0.29) is 11.8 Å². The molecule has 1 aliphatic carbocycles. The number of nitrogens with one attached hydrogen (secondary N) is 3. The first-order valence-corrected chi connectivity index (χ1v) is 10.4. The Morgan fingerprint density at radius 3 is 2.84 bits per heavy atom. The van der Waals surface area contributed by atoms with Crippen LogP contribution in [0.1, 0.15) is 23.5 Å². The van der Waals surface area contributed by atoms with E-state index in [1.165, 1.54) is 0 Å². The zero-order chi connectivity index (χ0) is 22.0. The first kappa shape index (κ1) is 18.7. The maximum Gasteiger partial charge on any atom is 0.235 e. The number of H-pyrrole nitrogens is 1. The average Bonchev–Trinajstić information content (AvgIpc) is 3.14. The zero-order valence-corrected chi connectivity index (χ0v) is 17.9. The molecule has 9 heteroatoms. The van der Waals surface area contributed by atoms with Crippen LogP contribution in [-0.2, 0) is 17.3 Å². The Morgan fingerprint density at radius 1 is 1.16 bits per heavy atom. The molecule has 0 bridgehead atoms. The number of rotatable bonds is 5. The van der Waals surface area contributed by atoms with Gasteiger partial charge in [0.1, 0.15) is 5.75 Å².